The van der Waals surface area contributed by atoms with Crippen molar-refractivity contribution in [3.05, 3.63) is 12.2 Å². The van der Waals surface area contributed by atoms with Crippen LogP contribution in [0, 0.1) is 0 Å². The fraction of sp³-hybridized carbons (Fsp3) is 0.600. The molecular weight excluding hydrogens is 196 g/mol. The van der Waals surface area contributed by atoms with Crippen LogP contribution < -0.4 is 11.1 Å². The summed E-state index contributed by atoms with van der Waals surface area (Å²) in [5.74, 6) is -1.42. The predicted molar refractivity (Wildman–Crippen MR) is 57.3 cm³/mol. The summed E-state index contributed by atoms with van der Waals surface area (Å²) in [7, 11) is 0. The molecule has 15 heavy (non-hydrogen) atoms. The van der Waals surface area contributed by atoms with Crippen LogP contribution in [0.1, 0.15) is 27.2 Å². The summed E-state index contributed by atoms with van der Waals surface area (Å²) in [5, 5.41) is 11.5. The molecule has 5 heteroatoms. The van der Waals surface area contributed by atoms with Crippen LogP contribution >= 0.6 is 0 Å². The van der Waals surface area contributed by atoms with E-state index in [4.69, 9.17) is 10.8 Å². The third-order valence-electron chi connectivity index (χ3n) is 2.17. The number of hydrogen-bond donors (Lipinski definition) is 3. The molecular formula is C10H18N2O3. The Morgan fingerprint density at radius 1 is 1.60 bits per heavy atom. The number of carbonyl (C=O) groups is 2. The zero-order valence-corrected chi connectivity index (χ0v) is 9.28. The lowest BCUT2D eigenvalue weighted by molar-refractivity contribution is -0.144. The molecule has 0 aromatic carbocycles. The molecule has 0 radical (unpaired) electrons. The first-order valence-corrected chi connectivity index (χ1v) is 4.73. The molecule has 0 heterocycles. The molecule has 4 N–H and O–H groups in total. The summed E-state index contributed by atoms with van der Waals surface area (Å²) in [6.07, 6.45) is 3.96. The van der Waals surface area contributed by atoms with Gasteiger partial charge in [-0.15, -0.1) is 0 Å². The number of aliphatic carboxylic acids is 1. The van der Waals surface area contributed by atoms with Crippen molar-refractivity contribution in [1.82, 2.24) is 5.32 Å². The van der Waals surface area contributed by atoms with Gasteiger partial charge in [0.05, 0.1) is 6.04 Å². The lowest BCUT2D eigenvalue weighted by Crippen LogP contribution is -2.60. The van der Waals surface area contributed by atoms with Gasteiger partial charge in [0.25, 0.3) is 0 Å². The van der Waals surface area contributed by atoms with Gasteiger partial charge in [0.15, 0.2) is 0 Å². The van der Waals surface area contributed by atoms with Crippen molar-refractivity contribution < 1.29 is 14.7 Å². The van der Waals surface area contributed by atoms with Crippen LogP contribution in [-0.2, 0) is 9.59 Å². The topological polar surface area (TPSA) is 92.4 Å². The van der Waals surface area contributed by atoms with Crippen LogP contribution in [0.25, 0.3) is 0 Å². The van der Waals surface area contributed by atoms with Gasteiger partial charge in [-0.2, -0.15) is 0 Å². The summed E-state index contributed by atoms with van der Waals surface area (Å²) >= 11 is 0. The standard InChI is InChI=1S/C10H18N2O3/c1-4-5-6-8(12-7(2)13)10(3,11)9(14)15/h4-5,8H,6,11H2,1-3H3,(H,12,13)(H,14,15). The second kappa shape index (κ2) is 5.50. The minimum atomic E-state index is -1.47. The molecule has 1 amide bonds. The van der Waals surface area contributed by atoms with Gasteiger partial charge >= 0.3 is 5.97 Å². The second-order valence-electron chi connectivity index (χ2n) is 3.65. The molecule has 0 aromatic rings. The number of nitrogens with one attached hydrogen (secondary N) is 1. The molecule has 0 fully saturated rings. The average molecular weight is 214 g/mol. The van der Waals surface area contributed by atoms with E-state index >= 15 is 0 Å². The van der Waals surface area contributed by atoms with E-state index < -0.39 is 17.6 Å². The predicted octanol–water partition coefficient (Wildman–Crippen LogP) is 0.259. The monoisotopic (exact) mass is 214 g/mol. The zero-order valence-electron chi connectivity index (χ0n) is 9.28. The van der Waals surface area contributed by atoms with Gasteiger partial charge < -0.3 is 16.2 Å². The zero-order chi connectivity index (χ0) is 12.1. The molecule has 0 saturated carbocycles. The number of amides is 1. The highest BCUT2D eigenvalue weighted by atomic mass is 16.4. The summed E-state index contributed by atoms with van der Waals surface area (Å²) in [5.41, 5.74) is 4.18. The maximum absolute atomic E-state index is 10.9. The van der Waals surface area contributed by atoms with Gasteiger partial charge in [0, 0.05) is 6.92 Å². The lowest BCUT2D eigenvalue weighted by Gasteiger charge is -2.29. The smallest absolute Gasteiger partial charge is 0.325 e. The van der Waals surface area contributed by atoms with Gasteiger partial charge in [-0.3, -0.25) is 9.59 Å². The molecule has 0 aliphatic heterocycles. The van der Waals surface area contributed by atoms with E-state index in [-0.39, 0.29) is 5.91 Å². The lowest BCUT2D eigenvalue weighted by atomic mass is 9.90. The van der Waals surface area contributed by atoms with Crippen LogP contribution in [0.4, 0.5) is 0 Å². The van der Waals surface area contributed by atoms with Gasteiger partial charge in [-0.25, -0.2) is 0 Å². The molecule has 0 aliphatic carbocycles. The number of carbonyl (C=O) groups excluding carboxylic acids is 1. The van der Waals surface area contributed by atoms with Crippen LogP contribution in [0.15, 0.2) is 12.2 Å². The quantitative estimate of drug-likeness (QED) is 0.572. The number of hydrogen-bond acceptors (Lipinski definition) is 3. The first kappa shape index (κ1) is 13.6. The Morgan fingerprint density at radius 3 is 2.47 bits per heavy atom. The molecule has 5 nitrogen and oxygen atoms in total. The maximum atomic E-state index is 10.9. The Hall–Kier alpha value is -1.36. The summed E-state index contributed by atoms with van der Waals surface area (Å²) < 4.78 is 0. The second-order valence-corrected chi connectivity index (χ2v) is 3.65. The van der Waals surface area contributed by atoms with E-state index in [2.05, 4.69) is 5.32 Å². The highest BCUT2D eigenvalue weighted by Crippen LogP contribution is 2.11. The van der Waals surface area contributed by atoms with Gasteiger partial charge in [0.2, 0.25) is 5.91 Å². The van der Waals surface area contributed by atoms with Crippen molar-refractivity contribution >= 4 is 11.9 Å². The summed E-state index contributed by atoms with van der Waals surface area (Å²) in [6.45, 7) is 4.54. The van der Waals surface area contributed by atoms with Crippen molar-refractivity contribution in [3.8, 4) is 0 Å². The van der Waals surface area contributed by atoms with E-state index in [0.29, 0.717) is 6.42 Å². The first-order valence-electron chi connectivity index (χ1n) is 4.73. The molecule has 0 aliphatic rings. The first-order chi connectivity index (χ1) is 6.82. The van der Waals surface area contributed by atoms with Crippen LogP contribution in [-0.4, -0.2) is 28.6 Å². The van der Waals surface area contributed by atoms with Gasteiger partial charge in [-0.05, 0) is 20.3 Å². The average Bonchev–Trinajstić information content (AvgIpc) is 2.11. The number of nitrogens with two attached hydrogens (primary N) is 1. The van der Waals surface area contributed by atoms with Crippen molar-refractivity contribution in [3.63, 3.8) is 0 Å². The molecule has 0 spiro atoms. The number of carboxylic acids is 1. The minimum Gasteiger partial charge on any atom is -0.480 e. The van der Waals surface area contributed by atoms with Gasteiger partial charge in [-0.1, -0.05) is 12.2 Å². The number of rotatable bonds is 5. The molecule has 0 saturated heterocycles. The Morgan fingerprint density at radius 2 is 2.13 bits per heavy atom. The molecule has 0 rings (SSSR count). The fourth-order valence-electron chi connectivity index (χ4n) is 1.12. The largest absolute Gasteiger partial charge is 0.480 e. The number of carboxylic acid groups (broad SMARTS) is 1. The Balaban J connectivity index is 4.74. The van der Waals surface area contributed by atoms with Crippen LogP contribution in [0.5, 0.6) is 0 Å². The Bertz CT molecular complexity index is 272. The molecule has 0 bridgehead atoms. The third kappa shape index (κ3) is 4.12. The molecule has 2 unspecified atom stereocenters. The Labute approximate surface area is 89.3 Å². The highest BCUT2D eigenvalue weighted by Gasteiger charge is 2.37. The molecule has 0 aromatic heterocycles. The van der Waals surface area contributed by atoms with Crippen LogP contribution in [0.3, 0.4) is 0 Å². The van der Waals surface area contributed by atoms with Crippen molar-refractivity contribution in [2.24, 2.45) is 5.73 Å². The van der Waals surface area contributed by atoms with E-state index in [0.717, 1.165) is 0 Å². The maximum Gasteiger partial charge on any atom is 0.325 e. The van der Waals surface area contributed by atoms with E-state index in [9.17, 15) is 9.59 Å². The van der Waals surface area contributed by atoms with Crippen molar-refractivity contribution in [2.75, 3.05) is 0 Å². The van der Waals surface area contributed by atoms with E-state index in [1.807, 2.05) is 6.92 Å². The Kier molecular flexibility index (Phi) is 5.00. The number of allylic oxidation sites excluding steroid dienone is 1. The molecule has 2 atom stereocenters. The van der Waals surface area contributed by atoms with Gasteiger partial charge in [0.1, 0.15) is 5.54 Å². The minimum absolute atomic E-state index is 0.289. The van der Waals surface area contributed by atoms with Crippen LogP contribution in [0.2, 0.25) is 0 Å². The third-order valence-corrected chi connectivity index (χ3v) is 2.17. The molecule has 86 valence electrons. The van der Waals surface area contributed by atoms with Crippen molar-refractivity contribution in [2.45, 2.75) is 38.8 Å². The normalized spacial score (nSPS) is 17.1. The highest BCUT2D eigenvalue weighted by molar-refractivity contribution is 5.81. The summed E-state index contributed by atoms with van der Waals surface area (Å²) in [6, 6.07) is -0.608. The van der Waals surface area contributed by atoms with E-state index in [1.54, 1.807) is 12.2 Å². The van der Waals surface area contributed by atoms with Crippen molar-refractivity contribution in [1.29, 1.82) is 0 Å². The SMILES string of the molecule is CC=CCC(NC(C)=O)C(C)(N)C(=O)O. The summed E-state index contributed by atoms with van der Waals surface area (Å²) in [4.78, 5) is 21.8. The van der Waals surface area contributed by atoms with E-state index in [1.165, 1.54) is 13.8 Å². The fourth-order valence-corrected chi connectivity index (χ4v) is 1.12.